The van der Waals surface area contributed by atoms with Gasteiger partial charge < -0.3 is 43.8 Å². The third-order valence-electron chi connectivity index (χ3n) is 7.21. The quantitative estimate of drug-likeness (QED) is 0.0684. The Labute approximate surface area is 293 Å². The standard InChI is InChI=1S/C33H33F2N11O6/c1-44(14-18-10-26(20(32(49)50)12-22(18)34)42-30(47)24(36)2-4-28(38)45-8-6-40-16-45)15-19-11-27(21(33(51)52)13-23(19)35)43-31(48)25(37)3-5-29(39)46-9-7-41-17-46/h2-13,16-17H,14-15,36-39H2,1H3,(H,42,47)(H,43,48)(H,49,50)(H,51,52)/b24-2-,25-3-,28-4+,29-5+. The number of nitrogens with one attached hydrogen (secondary N) is 2. The number of aromatic carboxylic acids is 2. The first kappa shape index (κ1) is 37.5. The molecule has 4 aromatic rings. The average Bonchev–Trinajstić information content (AvgIpc) is 3.84. The summed E-state index contributed by atoms with van der Waals surface area (Å²) in [5, 5.41) is 24.0. The minimum absolute atomic E-state index is 0.0911. The summed E-state index contributed by atoms with van der Waals surface area (Å²) in [5.41, 5.74) is 20.9. The first-order chi connectivity index (χ1) is 24.6. The van der Waals surface area contributed by atoms with Crippen LogP contribution in [-0.2, 0) is 22.7 Å². The van der Waals surface area contributed by atoms with Crippen LogP contribution in [0.15, 0.2) is 97.4 Å². The van der Waals surface area contributed by atoms with Crippen molar-refractivity contribution in [2.45, 2.75) is 13.1 Å². The maximum atomic E-state index is 15.1. The first-order valence-electron chi connectivity index (χ1n) is 14.9. The number of carboxylic acid groups (broad SMARTS) is 2. The monoisotopic (exact) mass is 717 g/mol. The molecule has 17 nitrogen and oxygen atoms in total. The van der Waals surface area contributed by atoms with Gasteiger partial charge in [0.25, 0.3) is 11.8 Å². The van der Waals surface area contributed by atoms with Crippen molar-refractivity contribution in [3.05, 3.63) is 131 Å². The van der Waals surface area contributed by atoms with Crippen molar-refractivity contribution in [1.29, 1.82) is 0 Å². The summed E-state index contributed by atoms with van der Waals surface area (Å²) in [6, 6.07) is 3.61. The van der Waals surface area contributed by atoms with Crippen LogP contribution in [0.5, 0.6) is 0 Å². The van der Waals surface area contributed by atoms with Gasteiger partial charge >= 0.3 is 11.9 Å². The van der Waals surface area contributed by atoms with Gasteiger partial charge in [-0.3, -0.25) is 23.6 Å². The number of amides is 2. The second-order valence-electron chi connectivity index (χ2n) is 11.0. The van der Waals surface area contributed by atoms with E-state index in [0.29, 0.717) is 12.1 Å². The maximum Gasteiger partial charge on any atom is 0.337 e. The maximum absolute atomic E-state index is 15.1. The minimum atomic E-state index is -1.54. The number of benzene rings is 2. The van der Waals surface area contributed by atoms with Crippen LogP contribution < -0.4 is 33.6 Å². The molecule has 0 radical (unpaired) electrons. The summed E-state index contributed by atoms with van der Waals surface area (Å²) >= 11 is 0. The van der Waals surface area contributed by atoms with Crippen molar-refractivity contribution in [2.75, 3.05) is 17.7 Å². The number of hydrogen-bond donors (Lipinski definition) is 8. The van der Waals surface area contributed by atoms with E-state index in [2.05, 4.69) is 20.6 Å². The highest BCUT2D eigenvalue weighted by molar-refractivity contribution is 6.08. The van der Waals surface area contributed by atoms with Gasteiger partial charge in [-0.05, 0) is 55.6 Å². The lowest BCUT2D eigenvalue weighted by Crippen LogP contribution is -2.24. The van der Waals surface area contributed by atoms with Gasteiger partial charge in [0.05, 0.1) is 33.9 Å². The highest BCUT2D eigenvalue weighted by Crippen LogP contribution is 2.26. The lowest BCUT2D eigenvalue weighted by atomic mass is 10.1. The molecular formula is C33H33F2N11O6. The van der Waals surface area contributed by atoms with Gasteiger partial charge in [-0.15, -0.1) is 0 Å². The molecule has 0 saturated heterocycles. The van der Waals surface area contributed by atoms with Crippen molar-refractivity contribution in [3.63, 3.8) is 0 Å². The van der Waals surface area contributed by atoms with E-state index in [9.17, 15) is 29.4 Å². The summed E-state index contributed by atoms with van der Waals surface area (Å²) in [6.45, 7) is -0.488. The fourth-order valence-corrected chi connectivity index (χ4v) is 4.56. The van der Waals surface area contributed by atoms with Crippen molar-refractivity contribution >= 4 is 46.8 Å². The molecule has 2 heterocycles. The summed E-state index contributed by atoms with van der Waals surface area (Å²) < 4.78 is 33.2. The molecular weight excluding hydrogens is 684 g/mol. The topological polar surface area (TPSA) is 276 Å². The molecule has 12 N–H and O–H groups in total. The van der Waals surface area contributed by atoms with Gasteiger partial charge in [-0.25, -0.2) is 28.3 Å². The van der Waals surface area contributed by atoms with Crippen molar-refractivity contribution in [1.82, 2.24) is 24.0 Å². The number of nitrogens with two attached hydrogens (primary N) is 4. The number of anilines is 2. The molecule has 0 aliphatic heterocycles. The number of carbonyl (C=O) groups is 4. The summed E-state index contributed by atoms with van der Waals surface area (Å²) in [6.07, 6.45) is 13.9. The number of rotatable bonds is 14. The third kappa shape index (κ3) is 9.45. The zero-order valence-corrected chi connectivity index (χ0v) is 27.3. The highest BCUT2D eigenvalue weighted by Gasteiger charge is 2.21. The summed E-state index contributed by atoms with van der Waals surface area (Å²) in [5.74, 6) is -6.43. The van der Waals surface area contributed by atoms with Crippen LogP contribution in [0.3, 0.4) is 0 Å². The molecule has 2 amide bonds. The second-order valence-corrected chi connectivity index (χ2v) is 11.0. The van der Waals surface area contributed by atoms with Gasteiger partial charge in [0.1, 0.15) is 35.9 Å². The largest absolute Gasteiger partial charge is 0.478 e. The Morgan fingerprint density at radius 1 is 0.712 bits per heavy atom. The van der Waals surface area contributed by atoms with Crippen LogP contribution in [0.2, 0.25) is 0 Å². The number of aromatic nitrogens is 4. The van der Waals surface area contributed by atoms with Crippen LogP contribution in [0.1, 0.15) is 31.8 Å². The zero-order chi connectivity index (χ0) is 38.1. The van der Waals surface area contributed by atoms with E-state index in [1.807, 2.05) is 0 Å². The molecule has 0 spiro atoms. The van der Waals surface area contributed by atoms with E-state index in [1.54, 1.807) is 12.4 Å². The Balaban J connectivity index is 1.53. The molecule has 52 heavy (non-hydrogen) atoms. The van der Waals surface area contributed by atoms with Gasteiger partial charge in [0, 0.05) is 49.0 Å². The van der Waals surface area contributed by atoms with E-state index < -0.39 is 46.5 Å². The molecule has 0 fully saturated rings. The Kier molecular flexibility index (Phi) is 11.8. The Bertz CT molecular complexity index is 1980. The highest BCUT2D eigenvalue weighted by atomic mass is 19.1. The Morgan fingerprint density at radius 2 is 1.10 bits per heavy atom. The fraction of sp³-hybridized carbons (Fsp3) is 0.0909. The first-order valence-corrected chi connectivity index (χ1v) is 14.9. The minimum Gasteiger partial charge on any atom is -0.478 e. The number of halogens is 2. The van der Waals surface area contributed by atoms with Crippen LogP contribution in [0.25, 0.3) is 11.6 Å². The van der Waals surface area contributed by atoms with E-state index in [1.165, 1.54) is 70.4 Å². The SMILES string of the molecule is CN(Cc1cc(NC(=O)/C(N)=C/C=C(\N)n2ccnc2)c(C(=O)O)cc1F)Cc1cc(NC(=O)/C(N)=C/C=C(\N)n2ccnc2)c(C(=O)O)cc1F. The van der Waals surface area contributed by atoms with E-state index in [0.717, 1.165) is 12.1 Å². The average molecular weight is 718 g/mol. The normalized spacial score (nSPS) is 12.5. The molecule has 0 aliphatic rings. The molecule has 0 saturated carbocycles. The molecule has 0 unspecified atom stereocenters. The lowest BCUT2D eigenvalue weighted by Gasteiger charge is -2.20. The zero-order valence-electron chi connectivity index (χ0n) is 27.3. The second kappa shape index (κ2) is 16.4. The van der Waals surface area contributed by atoms with Crippen LogP contribution in [0.4, 0.5) is 20.2 Å². The molecule has 270 valence electrons. The number of hydrogen-bond acceptors (Lipinski definition) is 11. The third-order valence-corrected chi connectivity index (χ3v) is 7.21. The molecule has 19 heteroatoms. The van der Waals surface area contributed by atoms with Gasteiger partial charge in [-0.2, -0.15) is 0 Å². The molecule has 2 aromatic heterocycles. The number of nitrogens with zero attached hydrogens (tertiary/aromatic N) is 5. The fourth-order valence-electron chi connectivity index (χ4n) is 4.56. The Morgan fingerprint density at radius 3 is 1.42 bits per heavy atom. The number of allylic oxidation sites excluding steroid dienone is 4. The molecule has 0 atom stereocenters. The van der Waals surface area contributed by atoms with E-state index in [-0.39, 0.29) is 58.6 Å². The molecule has 4 rings (SSSR count). The van der Waals surface area contributed by atoms with Gasteiger partial charge in [-0.1, -0.05) is 0 Å². The van der Waals surface area contributed by atoms with Gasteiger partial charge in [0.2, 0.25) is 0 Å². The Hall–Kier alpha value is -7.28. The number of imidazole rings is 2. The summed E-state index contributed by atoms with van der Waals surface area (Å²) in [4.78, 5) is 58.5. The van der Waals surface area contributed by atoms with E-state index in [4.69, 9.17) is 22.9 Å². The van der Waals surface area contributed by atoms with Crippen molar-refractivity contribution < 1.29 is 38.2 Å². The van der Waals surface area contributed by atoms with Crippen molar-refractivity contribution in [2.24, 2.45) is 22.9 Å². The van der Waals surface area contributed by atoms with Crippen LogP contribution >= 0.6 is 0 Å². The van der Waals surface area contributed by atoms with Crippen LogP contribution in [-0.4, -0.2) is 65.0 Å². The predicted octanol–water partition coefficient (Wildman–Crippen LogP) is 1.86. The van der Waals surface area contributed by atoms with Gasteiger partial charge in [0.15, 0.2) is 0 Å². The molecule has 0 bridgehead atoms. The molecule has 2 aromatic carbocycles. The van der Waals surface area contributed by atoms with Crippen LogP contribution in [0, 0.1) is 11.6 Å². The van der Waals surface area contributed by atoms with E-state index >= 15 is 8.78 Å². The number of carboxylic acids is 2. The number of carbonyl (C=O) groups excluding carboxylic acids is 2. The molecule has 0 aliphatic carbocycles. The smallest absolute Gasteiger partial charge is 0.337 e. The van der Waals surface area contributed by atoms with Crippen molar-refractivity contribution in [3.8, 4) is 0 Å². The summed E-state index contributed by atoms with van der Waals surface area (Å²) in [7, 11) is 1.47. The predicted molar refractivity (Wildman–Crippen MR) is 185 cm³/mol. The lowest BCUT2D eigenvalue weighted by molar-refractivity contribution is -0.113.